The Morgan fingerprint density at radius 3 is 2.74 bits per heavy atom. The molecule has 1 aromatic rings. The fourth-order valence-corrected chi connectivity index (χ4v) is 5.76. The number of hydrogen-bond donors (Lipinski definition) is 2. The molecule has 0 amide bonds. The highest BCUT2D eigenvalue weighted by Crippen LogP contribution is 2.66. The zero-order valence-electron chi connectivity index (χ0n) is 13.5. The molecule has 0 aliphatic heterocycles. The van der Waals surface area contributed by atoms with E-state index in [1.807, 2.05) is 0 Å². The van der Waals surface area contributed by atoms with Crippen molar-refractivity contribution in [3.63, 3.8) is 0 Å². The predicted molar refractivity (Wildman–Crippen MR) is 86.6 cm³/mol. The minimum atomic E-state index is -1.36. The number of terminal acetylenes is 1. The van der Waals surface area contributed by atoms with Crippen LogP contribution in [0.5, 0.6) is 5.75 Å². The van der Waals surface area contributed by atoms with Gasteiger partial charge >= 0.3 is 0 Å². The largest absolute Gasteiger partial charge is 0.508 e. The monoisotopic (exact) mass is 314 g/mol. The lowest BCUT2D eigenvalue weighted by molar-refractivity contribution is -0.120. The van der Waals surface area contributed by atoms with E-state index in [0.29, 0.717) is 19.3 Å². The Bertz CT molecular complexity index is 708. The fraction of sp³-hybridized carbons (Fsp3) is 0.600. The molecular weight excluding hydrogens is 291 g/mol. The Morgan fingerprint density at radius 1 is 1.22 bits per heavy atom. The molecule has 3 aliphatic carbocycles. The maximum atomic E-state index is 16.1. The summed E-state index contributed by atoms with van der Waals surface area (Å²) in [6.07, 6.45) is 9.53. The summed E-state index contributed by atoms with van der Waals surface area (Å²) in [4.78, 5) is 0. The first-order valence-corrected chi connectivity index (χ1v) is 8.55. The van der Waals surface area contributed by atoms with Gasteiger partial charge in [-0.25, -0.2) is 4.39 Å². The van der Waals surface area contributed by atoms with E-state index in [1.165, 1.54) is 0 Å². The minimum Gasteiger partial charge on any atom is -0.508 e. The van der Waals surface area contributed by atoms with Crippen LogP contribution in [0.4, 0.5) is 4.39 Å². The normalized spacial score (nSPS) is 44.8. The molecule has 0 aromatic heterocycles. The minimum absolute atomic E-state index is 0.0966. The average Bonchev–Trinajstić information content (AvgIpc) is 2.80. The lowest BCUT2D eigenvalue weighted by atomic mass is 9.52. The van der Waals surface area contributed by atoms with Gasteiger partial charge in [-0.3, -0.25) is 0 Å². The predicted octanol–water partition coefficient (Wildman–Crippen LogP) is 3.69. The van der Waals surface area contributed by atoms with Crippen molar-refractivity contribution >= 4 is 0 Å². The molecule has 0 bridgehead atoms. The van der Waals surface area contributed by atoms with Gasteiger partial charge in [0.05, 0.1) is 0 Å². The van der Waals surface area contributed by atoms with Gasteiger partial charge in [0.1, 0.15) is 17.0 Å². The summed E-state index contributed by atoms with van der Waals surface area (Å²) in [7, 11) is 0. The van der Waals surface area contributed by atoms with E-state index >= 15 is 4.39 Å². The number of hydrogen-bond acceptors (Lipinski definition) is 2. The van der Waals surface area contributed by atoms with Crippen molar-refractivity contribution in [1.82, 2.24) is 0 Å². The summed E-state index contributed by atoms with van der Waals surface area (Å²) in [5, 5.41) is 20.6. The van der Waals surface area contributed by atoms with Crippen LogP contribution in [0.1, 0.15) is 50.2 Å². The number of alkyl halides is 1. The maximum Gasteiger partial charge on any atom is 0.139 e. The molecule has 0 heterocycles. The third-order valence-electron chi connectivity index (χ3n) is 7.16. The Kier molecular flexibility index (Phi) is 2.95. The molecule has 4 rings (SSSR count). The van der Waals surface area contributed by atoms with E-state index in [0.717, 1.165) is 30.4 Å². The molecule has 2 N–H and O–H groups in total. The van der Waals surface area contributed by atoms with E-state index in [-0.39, 0.29) is 17.6 Å². The molecule has 5 atom stereocenters. The number of halogens is 1. The Labute approximate surface area is 136 Å². The molecule has 3 heteroatoms. The van der Waals surface area contributed by atoms with Gasteiger partial charge in [-0.15, -0.1) is 6.42 Å². The molecule has 2 saturated carbocycles. The number of aryl methyl sites for hydroxylation is 1. The van der Waals surface area contributed by atoms with Crippen molar-refractivity contribution in [3.05, 3.63) is 29.3 Å². The van der Waals surface area contributed by atoms with Crippen LogP contribution >= 0.6 is 0 Å². The molecule has 0 saturated heterocycles. The van der Waals surface area contributed by atoms with E-state index in [2.05, 4.69) is 12.8 Å². The third-order valence-corrected chi connectivity index (χ3v) is 7.16. The van der Waals surface area contributed by atoms with Crippen LogP contribution in [0.3, 0.4) is 0 Å². The van der Waals surface area contributed by atoms with Crippen molar-refractivity contribution < 1.29 is 14.6 Å². The Morgan fingerprint density at radius 2 is 2.00 bits per heavy atom. The quantitative estimate of drug-likeness (QED) is 0.717. The molecule has 23 heavy (non-hydrogen) atoms. The van der Waals surface area contributed by atoms with Gasteiger partial charge in [0.15, 0.2) is 0 Å². The summed E-state index contributed by atoms with van der Waals surface area (Å²) >= 11 is 0. The van der Waals surface area contributed by atoms with E-state index < -0.39 is 16.7 Å². The first kappa shape index (κ1) is 15.0. The highest BCUT2D eigenvalue weighted by atomic mass is 19.1. The van der Waals surface area contributed by atoms with Crippen molar-refractivity contribution in [1.29, 1.82) is 0 Å². The smallest absolute Gasteiger partial charge is 0.139 e. The van der Waals surface area contributed by atoms with Crippen molar-refractivity contribution in [2.24, 2.45) is 17.3 Å². The van der Waals surface area contributed by atoms with Crippen molar-refractivity contribution in [2.45, 2.75) is 56.7 Å². The van der Waals surface area contributed by atoms with Crippen LogP contribution in [-0.4, -0.2) is 15.8 Å². The van der Waals surface area contributed by atoms with E-state index in [9.17, 15) is 10.2 Å². The number of rotatable bonds is 0. The second-order valence-corrected chi connectivity index (χ2v) is 7.92. The van der Waals surface area contributed by atoms with Crippen LogP contribution < -0.4 is 0 Å². The zero-order valence-corrected chi connectivity index (χ0v) is 13.5. The number of aromatic hydroxyl groups is 1. The van der Waals surface area contributed by atoms with Gasteiger partial charge < -0.3 is 10.2 Å². The molecule has 3 aliphatic rings. The molecule has 2 nitrogen and oxygen atoms in total. The molecule has 0 unspecified atom stereocenters. The van der Waals surface area contributed by atoms with Gasteiger partial charge in [-0.2, -0.15) is 0 Å². The molecule has 0 spiro atoms. The van der Waals surface area contributed by atoms with Crippen molar-refractivity contribution in [2.75, 3.05) is 0 Å². The summed E-state index contributed by atoms with van der Waals surface area (Å²) < 4.78 is 16.1. The average molecular weight is 314 g/mol. The summed E-state index contributed by atoms with van der Waals surface area (Å²) in [5.74, 6) is 2.84. The lowest BCUT2D eigenvalue weighted by Crippen LogP contribution is -2.54. The van der Waals surface area contributed by atoms with Crippen LogP contribution in [-0.2, 0) is 12.1 Å². The van der Waals surface area contributed by atoms with Crippen LogP contribution in [0.2, 0.25) is 0 Å². The van der Waals surface area contributed by atoms with Gasteiger partial charge in [0.25, 0.3) is 0 Å². The number of phenols is 1. The van der Waals surface area contributed by atoms with Crippen LogP contribution in [0, 0.1) is 29.6 Å². The number of phenolic OH excluding ortho intramolecular Hbond substituents is 1. The SMILES string of the molecule is C#C[C@]1(O)CC[C@H]2[C@@H]3CCc4cc(O)ccc4[C@@]3(F)CC[C@@]21C. The lowest BCUT2D eigenvalue weighted by Gasteiger charge is -2.54. The molecule has 2 fully saturated rings. The zero-order chi connectivity index (χ0) is 16.5. The standard InChI is InChI=1S/C20H23FO2/c1-3-19(23)9-8-16-17-6-4-13-12-14(22)5-7-15(13)20(17,21)11-10-18(16,19)2/h1,5,7,12,16-17,22-23H,4,6,8-11H2,2H3/t16-,17-,18-,19-,20-/m0/s1. The van der Waals surface area contributed by atoms with Crippen LogP contribution in [0.25, 0.3) is 0 Å². The van der Waals surface area contributed by atoms with E-state index in [4.69, 9.17) is 6.42 Å². The second kappa shape index (κ2) is 4.51. The first-order chi connectivity index (χ1) is 10.8. The highest BCUT2D eigenvalue weighted by molar-refractivity contribution is 5.42. The third kappa shape index (κ3) is 1.73. The molecular formula is C20H23FO2. The first-order valence-electron chi connectivity index (χ1n) is 8.55. The number of fused-ring (bicyclic) bond motifs is 5. The maximum absolute atomic E-state index is 16.1. The number of benzene rings is 1. The topological polar surface area (TPSA) is 40.5 Å². The summed E-state index contributed by atoms with van der Waals surface area (Å²) in [5.41, 5.74) is -1.18. The molecule has 0 radical (unpaired) electrons. The summed E-state index contributed by atoms with van der Waals surface area (Å²) in [6, 6.07) is 5.04. The van der Waals surface area contributed by atoms with Gasteiger partial charge in [0.2, 0.25) is 0 Å². The van der Waals surface area contributed by atoms with Crippen molar-refractivity contribution in [3.8, 4) is 18.1 Å². The van der Waals surface area contributed by atoms with Crippen LogP contribution in [0.15, 0.2) is 18.2 Å². The summed E-state index contributed by atoms with van der Waals surface area (Å²) in [6.45, 7) is 2.05. The molecule has 122 valence electrons. The highest BCUT2D eigenvalue weighted by Gasteiger charge is 2.65. The second-order valence-electron chi connectivity index (χ2n) is 7.92. The number of aliphatic hydroxyl groups is 1. The fourth-order valence-electron chi connectivity index (χ4n) is 5.76. The van der Waals surface area contributed by atoms with E-state index in [1.54, 1.807) is 18.2 Å². The molecule has 1 aromatic carbocycles. The Hall–Kier alpha value is -1.53. The van der Waals surface area contributed by atoms with Gasteiger partial charge in [-0.05, 0) is 67.7 Å². The van der Waals surface area contributed by atoms with Gasteiger partial charge in [-0.1, -0.05) is 18.9 Å². The van der Waals surface area contributed by atoms with Gasteiger partial charge in [0, 0.05) is 11.3 Å². The Balaban J connectivity index is 1.79.